The highest BCUT2D eigenvalue weighted by molar-refractivity contribution is 5.59. The number of ether oxygens (including phenoxy) is 1. The second-order valence-corrected chi connectivity index (χ2v) is 12.0. The van der Waals surface area contributed by atoms with Crippen molar-refractivity contribution in [2.75, 3.05) is 0 Å². The number of phenols is 1. The van der Waals surface area contributed by atoms with Gasteiger partial charge in [0.05, 0.1) is 0 Å². The topological polar surface area (TPSA) is 29.5 Å². The van der Waals surface area contributed by atoms with Crippen LogP contribution in [-0.2, 0) is 12.8 Å². The molecule has 0 amide bonds. The van der Waals surface area contributed by atoms with Gasteiger partial charge < -0.3 is 9.84 Å². The average Bonchev–Trinajstić information content (AvgIpc) is 2.75. The Balaban J connectivity index is 1.80. The number of hydrogen-bond acceptors (Lipinski definition) is 2. The summed E-state index contributed by atoms with van der Waals surface area (Å²) in [5, 5.41) is 10.7. The summed E-state index contributed by atoms with van der Waals surface area (Å²) < 4.78 is 6.71. The summed E-state index contributed by atoms with van der Waals surface area (Å²) in [6.07, 6.45) is 16.1. The molecule has 0 unspecified atom stereocenters. The fourth-order valence-electron chi connectivity index (χ4n) is 5.67. The zero-order chi connectivity index (χ0) is 24.6. The molecule has 190 valence electrons. The van der Waals surface area contributed by atoms with Crippen molar-refractivity contribution in [3.05, 3.63) is 22.3 Å². The van der Waals surface area contributed by atoms with Crippen molar-refractivity contribution >= 4 is 0 Å². The van der Waals surface area contributed by atoms with E-state index in [1.807, 2.05) is 6.92 Å². The van der Waals surface area contributed by atoms with Crippen molar-refractivity contribution in [2.45, 2.75) is 144 Å². The molecule has 0 saturated carbocycles. The fraction of sp³-hybridized carbons (Fsp3) is 0.806. The van der Waals surface area contributed by atoms with E-state index in [1.165, 1.54) is 56.9 Å². The largest absolute Gasteiger partial charge is 0.507 e. The highest BCUT2D eigenvalue weighted by Crippen LogP contribution is 2.45. The lowest BCUT2D eigenvalue weighted by atomic mass is 9.83. The third kappa shape index (κ3) is 8.22. The summed E-state index contributed by atoms with van der Waals surface area (Å²) >= 11 is 0. The zero-order valence-corrected chi connectivity index (χ0v) is 23.3. The number of benzene rings is 1. The molecule has 0 fully saturated rings. The maximum absolute atomic E-state index is 10.7. The molecule has 1 aliphatic rings. The molecule has 1 aliphatic heterocycles. The first-order valence-electron chi connectivity index (χ1n) is 14.1. The van der Waals surface area contributed by atoms with Gasteiger partial charge in [-0.2, -0.15) is 0 Å². The lowest BCUT2D eigenvalue weighted by Gasteiger charge is -2.38. The molecule has 2 nitrogen and oxygen atoms in total. The Hall–Kier alpha value is -1.18. The lowest BCUT2D eigenvalue weighted by Crippen LogP contribution is -2.37. The van der Waals surface area contributed by atoms with Gasteiger partial charge in [0, 0.05) is 11.1 Å². The second kappa shape index (κ2) is 13.1. The molecule has 2 heteroatoms. The van der Waals surface area contributed by atoms with Crippen LogP contribution in [0, 0.1) is 31.6 Å². The number of rotatable bonds is 14. The van der Waals surface area contributed by atoms with Gasteiger partial charge in [-0.3, -0.25) is 0 Å². The van der Waals surface area contributed by atoms with Crippen LogP contribution >= 0.6 is 0 Å². The van der Waals surface area contributed by atoms with Crippen molar-refractivity contribution < 1.29 is 9.84 Å². The van der Waals surface area contributed by atoms with E-state index in [0.29, 0.717) is 5.75 Å². The normalized spacial score (nSPS) is 19.9. The van der Waals surface area contributed by atoms with Crippen LogP contribution < -0.4 is 4.74 Å². The van der Waals surface area contributed by atoms with Crippen LogP contribution in [-0.4, -0.2) is 10.7 Å². The third-order valence-corrected chi connectivity index (χ3v) is 8.21. The van der Waals surface area contributed by atoms with Crippen LogP contribution in [0.25, 0.3) is 0 Å². The maximum atomic E-state index is 10.7. The molecule has 0 bridgehead atoms. The van der Waals surface area contributed by atoms with Crippen molar-refractivity contribution in [1.82, 2.24) is 0 Å². The maximum Gasteiger partial charge on any atom is 0.127 e. The van der Waals surface area contributed by atoms with Gasteiger partial charge in [0.1, 0.15) is 17.1 Å². The van der Waals surface area contributed by atoms with Crippen molar-refractivity contribution in [1.29, 1.82) is 0 Å². The molecular formula is C31H54O2. The molecule has 0 spiro atoms. The van der Waals surface area contributed by atoms with Crippen LogP contribution in [0.3, 0.4) is 0 Å². The highest BCUT2D eigenvalue weighted by atomic mass is 16.5. The van der Waals surface area contributed by atoms with Crippen LogP contribution in [0.1, 0.15) is 134 Å². The van der Waals surface area contributed by atoms with Crippen LogP contribution in [0.15, 0.2) is 0 Å². The van der Waals surface area contributed by atoms with Gasteiger partial charge in [-0.25, -0.2) is 0 Å². The van der Waals surface area contributed by atoms with E-state index in [4.69, 9.17) is 4.74 Å². The molecule has 0 aliphatic carbocycles. The van der Waals surface area contributed by atoms with E-state index in [-0.39, 0.29) is 5.60 Å². The molecule has 2 rings (SSSR count). The first-order valence-corrected chi connectivity index (χ1v) is 14.1. The molecule has 0 radical (unpaired) electrons. The minimum atomic E-state index is -0.0741. The number of phenolic OH excluding ortho intramolecular Hbond substituents is 1. The standard InChI is InChI=1S/C31H54O2/c1-9-13-27-28-19-21-31(8,33-30(28)26(7)25(6)29(27)32)20-12-18-24(5)17-11-16-23(4)15-10-14-22(2)3/h22-24,32H,9-21H2,1-8H3/t23-,24-,31-/m1/s1. The predicted molar refractivity (Wildman–Crippen MR) is 144 cm³/mol. The SMILES string of the molecule is CCCc1c(O)c(C)c(C)c2c1CC[C@@](C)(CCC[C@H](C)CCC[C@H](C)CCCC(C)C)O2. The fourth-order valence-corrected chi connectivity index (χ4v) is 5.67. The minimum Gasteiger partial charge on any atom is -0.507 e. The third-order valence-electron chi connectivity index (χ3n) is 8.21. The summed E-state index contributed by atoms with van der Waals surface area (Å²) in [7, 11) is 0. The molecule has 1 aromatic carbocycles. The number of aromatic hydroxyl groups is 1. The van der Waals surface area contributed by atoms with Crippen LogP contribution in [0.2, 0.25) is 0 Å². The predicted octanol–water partition coefficient (Wildman–Crippen LogP) is 9.48. The van der Waals surface area contributed by atoms with E-state index in [2.05, 4.69) is 48.5 Å². The number of fused-ring (bicyclic) bond motifs is 1. The van der Waals surface area contributed by atoms with Crippen molar-refractivity contribution in [2.24, 2.45) is 17.8 Å². The highest BCUT2D eigenvalue weighted by Gasteiger charge is 2.34. The molecule has 33 heavy (non-hydrogen) atoms. The second-order valence-electron chi connectivity index (χ2n) is 12.0. The van der Waals surface area contributed by atoms with Gasteiger partial charge >= 0.3 is 0 Å². The van der Waals surface area contributed by atoms with Crippen molar-refractivity contribution in [3.8, 4) is 11.5 Å². The van der Waals surface area contributed by atoms with Crippen molar-refractivity contribution in [3.63, 3.8) is 0 Å². The van der Waals surface area contributed by atoms with Gasteiger partial charge in [-0.15, -0.1) is 0 Å². The van der Waals surface area contributed by atoms with E-state index in [0.717, 1.165) is 72.3 Å². The van der Waals surface area contributed by atoms with Gasteiger partial charge in [0.15, 0.2) is 0 Å². The molecule has 0 saturated heterocycles. The molecular weight excluding hydrogens is 404 g/mol. The summed E-state index contributed by atoms with van der Waals surface area (Å²) in [6.45, 7) is 18.2. The molecule has 1 heterocycles. The summed E-state index contributed by atoms with van der Waals surface area (Å²) in [4.78, 5) is 0. The first kappa shape index (κ1) is 28.1. The Morgan fingerprint density at radius 3 is 2.03 bits per heavy atom. The minimum absolute atomic E-state index is 0.0741. The first-order chi connectivity index (χ1) is 15.6. The van der Waals surface area contributed by atoms with Crippen LogP contribution in [0.5, 0.6) is 11.5 Å². The van der Waals surface area contributed by atoms with Gasteiger partial charge in [0.25, 0.3) is 0 Å². The summed E-state index contributed by atoms with van der Waals surface area (Å²) in [5.41, 5.74) is 4.45. The lowest BCUT2D eigenvalue weighted by molar-refractivity contribution is 0.0510. The zero-order valence-electron chi connectivity index (χ0n) is 23.3. The molecule has 3 atom stereocenters. The smallest absolute Gasteiger partial charge is 0.127 e. The Morgan fingerprint density at radius 1 is 0.879 bits per heavy atom. The Labute approximate surface area is 205 Å². The molecule has 1 N–H and O–H groups in total. The Morgan fingerprint density at radius 2 is 1.45 bits per heavy atom. The summed E-state index contributed by atoms with van der Waals surface area (Å²) in [5.74, 6) is 4.11. The Kier molecular flexibility index (Phi) is 11.1. The monoisotopic (exact) mass is 458 g/mol. The van der Waals surface area contributed by atoms with E-state index in [1.54, 1.807) is 0 Å². The Bertz CT molecular complexity index is 735. The van der Waals surface area contributed by atoms with Gasteiger partial charge in [0.2, 0.25) is 0 Å². The van der Waals surface area contributed by atoms with Crippen LogP contribution in [0.4, 0.5) is 0 Å². The van der Waals surface area contributed by atoms with E-state index < -0.39 is 0 Å². The van der Waals surface area contributed by atoms with Gasteiger partial charge in [-0.05, 0) is 81.8 Å². The summed E-state index contributed by atoms with van der Waals surface area (Å²) in [6, 6.07) is 0. The van der Waals surface area contributed by atoms with E-state index >= 15 is 0 Å². The van der Waals surface area contributed by atoms with E-state index in [9.17, 15) is 5.11 Å². The average molecular weight is 459 g/mol. The number of hydrogen-bond donors (Lipinski definition) is 1. The molecule has 0 aromatic heterocycles. The van der Waals surface area contributed by atoms with Gasteiger partial charge in [-0.1, -0.05) is 86.0 Å². The quantitative estimate of drug-likeness (QED) is 0.301. The molecule has 1 aromatic rings.